The highest BCUT2D eigenvalue weighted by atomic mass is 32.2. The number of rotatable bonds is 8. The fraction of sp³-hybridized carbons (Fsp3) is 0.500. The number of benzene rings is 1. The largest absolute Gasteiger partial charge is 0.353 e. The summed E-state index contributed by atoms with van der Waals surface area (Å²) in [6, 6.07) is 10.5. The van der Waals surface area contributed by atoms with Gasteiger partial charge in [-0.2, -0.15) is 0 Å². The van der Waals surface area contributed by atoms with Gasteiger partial charge in [0.15, 0.2) is 0 Å². The molecule has 3 nitrogen and oxygen atoms in total. The van der Waals surface area contributed by atoms with Crippen LogP contribution in [-0.4, -0.2) is 30.8 Å². The lowest BCUT2D eigenvalue weighted by Crippen LogP contribution is -2.39. The van der Waals surface area contributed by atoms with Gasteiger partial charge in [-0.25, -0.2) is 0 Å². The first kappa shape index (κ1) is 15.1. The van der Waals surface area contributed by atoms with E-state index in [9.17, 15) is 4.79 Å². The number of amides is 1. The molecule has 0 heterocycles. The maximum atomic E-state index is 11.5. The highest BCUT2D eigenvalue weighted by molar-refractivity contribution is 7.99. The predicted octanol–water partition coefficient (Wildman–Crippen LogP) is 2.28. The van der Waals surface area contributed by atoms with Crippen LogP contribution in [-0.2, 0) is 4.79 Å². The van der Waals surface area contributed by atoms with Crippen molar-refractivity contribution >= 4 is 17.7 Å². The summed E-state index contributed by atoms with van der Waals surface area (Å²) < 4.78 is 0. The molecule has 2 N–H and O–H groups in total. The summed E-state index contributed by atoms with van der Waals surface area (Å²) in [5.74, 6) is 1.05. The summed E-state index contributed by atoms with van der Waals surface area (Å²) in [6.07, 6.45) is 0.968. The first-order chi connectivity index (χ1) is 8.72. The summed E-state index contributed by atoms with van der Waals surface area (Å²) in [7, 11) is 0. The molecule has 0 aliphatic rings. The molecule has 0 saturated carbocycles. The second-order valence-corrected chi connectivity index (χ2v) is 5.38. The smallest absolute Gasteiger partial charge is 0.234 e. The standard InChI is InChI=1S/C14H22N2OS/c1-3-12(2)16-14(17)11-15-9-10-18-13-7-5-4-6-8-13/h4-8,12,15H,3,9-11H2,1-2H3,(H,16,17). The molecule has 1 aromatic carbocycles. The Balaban J connectivity index is 2.03. The van der Waals surface area contributed by atoms with E-state index >= 15 is 0 Å². The van der Waals surface area contributed by atoms with Crippen LogP contribution in [0, 0.1) is 0 Å². The molecule has 1 rings (SSSR count). The van der Waals surface area contributed by atoms with Crippen molar-refractivity contribution in [1.82, 2.24) is 10.6 Å². The van der Waals surface area contributed by atoms with Crippen LogP contribution in [0.15, 0.2) is 35.2 Å². The Bertz CT molecular complexity index is 343. The van der Waals surface area contributed by atoms with Gasteiger partial charge in [-0.3, -0.25) is 4.79 Å². The third-order valence-corrected chi connectivity index (χ3v) is 3.61. The molecule has 4 heteroatoms. The van der Waals surface area contributed by atoms with Crippen LogP contribution >= 0.6 is 11.8 Å². The van der Waals surface area contributed by atoms with E-state index in [1.54, 1.807) is 11.8 Å². The van der Waals surface area contributed by atoms with E-state index in [1.807, 2.05) is 25.1 Å². The van der Waals surface area contributed by atoms with Gasteiger partial charge in [-0.15, -0.1) is 11.8 Å². The van der Waals surface area contributed by atoms with Crippen LogP contribution in [0.2, 0.25) is 0 Å². The molecule has 0 bridgehead atoms. The van der Waals surface area contributed by atoms with Crippen LogP contribution in [0.25, 0.3) is 0 Å². The third kappa shape index (κ3) is 6.67. The SMILES string of the molecule is CCC(C)NC(=O)CNCCSc1ccccc1. The number of hydrogen-bond donors (Lipinski definition) is 2. The van der Waals surface area contributed by atoms with Gasteiger partial charge in [0.25, 0.3) is 0 Å². The predicted molar refractivity (Wildman–Crippen MR) is 77.9 cm³/mol. The zero-order chi connectivity index (χ0) is 13.2. The molecule has 0 fully saturated rings. The van der Waals surface area contributed by atoms with Gasteiger partial charge in [-0.1, -0.05) is 25.1 Å². The summed E-state index contributed by atoms with van der Waals surface area (Å²) in [5, 5.41) is 6.08. The van der Waals surface area contributed by atoms with Gasteiger partial charge in [0, 0.05) is 23.2 Å². The number of carbonyl (C=O) groups excluding carboxylic acids is 1. The Kier molecular flexibility index (Phi) is 7.53. The minimum atomic E-state index is 0.0778. The lowest BCUT2D eigenvalue weighted by molar-refractivity contribution is -0.120. The lowest BCUT2D eigenvalue weighted by Gasteiger charge is -2.11. The van der Waals surface area contributed by atoms with Crippen molar-refractivity contribution in [2.75, 3.05) is 18.8 Å². The van der Waals surface area contributed by atoms with Crippen molar-refractivity contribution in [2.24, 2.45) is 0 Å². The molecule has 0 aliphatic heterocycles. The number of thioether (sulfide) groups is 1. The zero-order valence-electron chi connectivity index (χ0n) is 11.1. The average molecular weight is 266 g/mol. The molecule has 0 saturated heterocycles. The molecule has 1 atom stereocenters. The van der Waals surface area contributed by atoms with Crippen molar-refractivity contribution < 1.29 is 4.79 Å². The summed E-state index contributed by atoms with van der Waals surface area (Å²) in [6.45, 7) is 5.32. The van der Waals surface area contributed by atoms with E-state index in [1.165, 1.54) is 4.90 Å². The summed E-state index contributed by atoms with van der Waals surface area (Å²) >= 11 is 1.80. The Morgan fingerprint density at radius 1 is 1.33 bits per heavy atom. The highest BCUT2D eigenvalue weighted by Crippen LogP contribution is 2.15. The van der Waals surface area contributed by atoms with E-state index in [2.05, 4.69) is 29.7 Å². The zero-order valence-corrected chi connectivity index (χ0v) is 11.9. The lowest BCUT2D eigenvalue weighted by atomic mass is 10.2. The van der Waals surface area contributed by atoms with E-state index in [4.69, 9.17) is 0 Å². The summed E-state index contributed by atoms with van der Waals surface area (Å²) in [4.78, 5) is 12.7. The molecule has 0 spiro atoms. The van der Waals surface area contributed by atoms with Crippen molar-refractivity contribution in [3.8, 4) is 0 Å². The molecule has 18 heavy (non-hydrogen) atoms. The Morgan fingerprint density at radius 3 is 2.72 bits per heavy atom. The van der Waals surface area contributed by atoms with Crippen LogP contribution in [0.1, 0.15) is 20.3 Å². The van der Waals surface area contributed by atoms with Gasteiger partial charge in [0.05, 0.1) is 6.54 Å². The maximum absolute atomic E-state index is 11.5. The molecular formula is C14H22N2OS. The van der Waals surface area contributed by atoms with Crippen LogP contribution in [0.4, 0.5) is 0 Å². The van der Waals surface area contributed by atoms with Crippen LogP contribution in [0.3, 0.4) is 0 Å². The van der Waals surface area contributed by atoms with Crippen molar-refractivity contribution in [3.63, 3.8) is 0 Å². The minimum absolute atomic E-state index is 0.0778. The van der Waals surface area contributed by atoms with Gasteiger partial charge >= 0.3 is 0 Å². The Labute approximate surface area is 114 Å². The van der Waals surface area contributed by atoms with Crippen molar-refractivity contribution in [3.05, 3.63) is 30.3 Å². The molecule has 0 radical (unpaired) electrons. The monoisotopic (exact) mass is 266 g/mol. The van der Waals surface area contributed by atoms with Gasteiger partial charge in [-0.05, 0) is 25.5 Å². The van der Waals surface area contributed by atoms with Crippen LogP contribution < -0.4 is 10.6 Å². The minimum Gasteiger partial charge on any atom is -0.353 e. The van der Waals surface area contributed by atoms with Gasteiger partial charge in [0.2, 0.25) is 5.91 Å². The molecule has 100 valence electrons. The van der Waals surface area contributed by atoms with Crippen molar-refractivity contribution in [2.45, 2.75) is 31.2 Å². The first-order valence-electron chi connectivity index (χ1n) is 6.40. The average Bonchev–Trinajstić information content (AvgIpc) is 2.39. The van der Waals surface area contributed by atoms with Gasteiger partial charge < -0.3 is 10.6 Å². The molecule has 1 unspecified atom stereocenters. The Hall–Kier alpha value is -1.00. The summed E-state index contributed by atoms with van der Waals surface area (Å²) in [5.41, 5.74) is 0. The normalized spacial score (nSPS) is 12.1. The van der Waals surface area contributed by atoms with E-state index < -0.39 is 0 Å². The van der Waals surface area contributed by atoms with E-state index in [0.717, 1.165) is 18.7 Å². The highest BCUT2D eigenvalue weighted by Gasteiger charge is 2.03. The number of carbonyl (C=O) groups is 1. The fourth-order valence-electron chi connectivity index (χ4n) is 1.39. The van der Waals surface area contributed by atoms with E-state index in [0.29, 0.717) is 6.54 Å². The fourth-order valence-corrected chi connectivity index (χ4v) is 2.22. The number of hydrogen-bond acceptors (Lipinski definition) is 3. The van der Waals surface area contributed by atoms with Gasteiger partial charge in [0.1, 0.15) is 0 Å². The molecule has 0 aromatic heterocycles. The second kappa shape index (κ2) is 9.00. The second-order valence-electron chi connectivity index (χ2n) is 4.22. The third-order valence-electron chi connectivity index (χ3n) is 2.60. The topological polar surface area (TPSA) is 41.1 Å². The molecule has 1 aromatic rings. The maximum Gasteiger partial charge on any atom is 0.234 e. The van der Waals surface area contributed by atoms with E-state index in [-0.39, 0.29) is 11.9 Å². The quantitative estimate of drug-likeness (QED) is 0.560. The number of nitrogens with one attached hydrogen (secondary N) is 2. The van der Waals surface area contributed by atoms with Crippen molar-refractivity contribution in [1.29, 1.82) is 0 Å². The molecular weight excluding hydrogens is 244 g/mol. The first-order valence-corrected chi connectivity index (χ1v) is 7.39. The molecule has 0 aliphatic carbocycles. The molecule has 1 amide bonds. The van der Waals surface area contributed by atoms with Crippen LogP contribution in [0.5, 0.6) is 0 Å². The Morgan fingerprint density at radius 2 is 2.06 bits per heavy atom.